The van der Waals surface area contributed by atoms with Crippen LogP contribution in [0, 0.1) is 5.92 Å². The summed E-state index contributed by atoms with van der Waals surface area (Å²) < 4.78 is 4.83. The molecular formula is C12H22N2O4. The number of carbonyl (C=O) groups excluding carboxylic acids is 1. The van der Waals surface area contributed by atoms with E-state index in [2.05, 4.69) is 5.32 Å². The molecule has 18 heavy (non-hydrogen) atoms. The molecule has 6 nitrogen and oxygen atoms in total. The molecule has 1 aliphatic rings. The van der Waals surface area contributed by atoms with Crippen molar-refractivity contribution in [2.45, 2.75) is 25.7 Å². The highest BCUT2D eigenvalue weighted by atomic mass is 16.5. The molecule has 0 aromatic heterocycles. The lowest BCUT2D eigenvalue weighted by atomic mass is 10.1. The lowest BCUT2D eigenvalue weighted by Crippen LogP contribution is -2.40. The smallest absolute Gasteiger partial charge is 0.329 e. The minimum atomic E-state index is -1.00. The predicted molar refractivity (Wildman–Crippen MR) is 66.4 cm³/mol. The summed E-state index contributed by atoms with van der Waals surface area (Å²) in [5.41, 5.74) is 0. The molecule has 1 rings (SSSR count). The van der Waals surface area contributed by atoms with Crippen LogP contribution in [-0.4, -0.2) is 55.4 Å². The molecule has 2 amide bonds. The van der Waals surface area contributed by atoms with Crippen LogP contribution in [0.1, 0.15) is 25.7 Å². The van der Waals surface area contributed by atoms with Gasteiger partial charge in [0, 0.05) is 20.1 Å². The molecule has 0 aromatic carbocycles. The van der Waals surface area contributed by atoms with Crippen molar-refractivity contribution in [1.82, 2.24) is 10.2 Å². The van der Waals surface area contributed by atoms with Crippen LogP contribution in [0.5, 0.6) is 0 Å². The Balaban J connectivity index is 2.05. The Kier molecular flexibility index (Phi) is 6.49. The van der Waals surface area contributed by atoms with E-state index in [0.29, 0.717) is 12.5 Å². The molecule has 1 saturated carbocycles. The van der Waals surface area contributed by atoms with Crippen molar-refractivity contribution in [1.29, 1.82) is 0 Å². The number of carboxylic acids is 1. The molecule has 0 heterocycles. The molecule has 6 heteroatoms. The van der Waals surface area contributed by atoms with E-state index in [4.69, 9.17) is 9.84 Å². The summed E-state index contributed by atoms with van der Waals surface area (Å²) in [6, 6.07) is -0.124. The summed E-state index contributed by atoms with van der Waals surface area (Å²) in [6.45, 7) is 1.02. The summed E-state index contributed by atoms with van der Waals surface area (Å²) in [5.74, 6) is -0.372. The number of hydrogen-bond acceptors (Lipinski definition) is 3. The molecule has 104 valence electrons. The van der Waals surface area contributed by atoms with Crippen LogP contribution in [0.25, 0.3) is 0 Å². The van der Waals surface area contributed by atoms with Crippen molar-refractivity contribution in [3.8, 4) is 0 Å². The largest absolute Gasteiger partial charge is 0.480 e. The van der Waals surface area contributed by atoms with Gasteiger partial charge in [0.1, 0.15) is 6.61 Å². The number of carboxylic acid groups (broad SMARTS) is 1. The van der Waals surface area contributed by atoms with Crippen LogP contribution in [0.15, 0.2) is 0 Å². The van der Waals surface area contributed by atoms with E-state index >= 15 is 0 Å². The zero-order chi connectivity index (χ0) is 13.4. The Labute approximate surface area is 107 Å². The van der Waals surface area contributed by atoms with E-state index in [0.717, 1.165) is 6.54 Å². The molecule has 0 radical (unpaired) electrons. The van der Waals surface area contributed by atoms with Crippen molar-refractivity contribution in [2.24, 2.45) is 5.92 Å². The lowest BCUT2D eigenvalue weighted by molar-refractivity contribution is -0.142. The number of urea groups is 1. The van der Waals surface area contributed by atoms with Gasteiger partial charge in [-0.05, 0) is 18.8 Å². The topological polar surface area (TPSA) is 78.9 Å². The monoisotopic (exact) mass is 258 g/mol. The van der Waals surface area contributed by atoms with Gasteiger partial charge < -0.3 is 20.1 Å². The second-order valence-corrected chi connectivity index (χ2v) is 4.71. The maximum absolute atomic E-state index is 11.7. The van der Waals surface area contributed by atoms with E-state index in [1.165, 1.54) is 25.7 Å². The summed E-state index contributed by atoms with van der Waals surface area (Å²) in [5, 5.41) is 11.0. The predicted octanol–water partition coefficient (Wildman–Crippen LogP) is 0.919. The Morgan fingerprint density at radius 2 is 2.06 bits per heavy atom. The van der Waals surface area contributed by atoms with Gasteiger partial charge in [-0.15, -0.1) is 0 Å². The third-order valence-corrected chi connectivity index (χ3v) is 3.10. The third kappa shape index (κ3) is 5.86. The van der Waals surface area contributed by atoms with E-state index < -0.39 is 5.97 Å². The van der Waals surface area contributed by atoms with Gasteiger partial charge in [-0.25, -0.2) is 9.59 Å². The standard InChI is InChI=1S/C12H22N2O4/c1-14(8-10-4-2-3-5-10)12(17)13-6-7-18-9-11(15)16/h10H,2-9H2,1H3,(H,13,17)(H,15,16). The van der Waals surface area contributed by atoms with Gasteiger partial charge in [-0.2, -0.15) is 0 Å². The summed E-state index contributed by atoms with van der Waals surface area (Å²) in [4.78, 5) is 23.5. The van der Waals surface area contributed by atoms with Gasteiger partial charge in [-0.1, -0.05) is 12.8 Å². The van der Waals surface area contributed by atoms with Crippen LogP contribution in [0.4, 0.5) is 4.79 Å². The van der Waals surface area contributed by atoms with Crippen LogP contribution >= 0.6 is 0 Å². The van der Waals surface area contributed by atoms with Crippen molar-refractivity contribution < 1.29 is 19.4 Å². The quantitative estimate of drug-likeness (QED) is 0.665. The van der Waals surface area contributed by atoms with Gasteiger partial charge >= 0.3 is 12.0 Å². The highest BCUT2D eigenvalue weighted by molar-refractivity contribution is 5.73. The first kappa shape index (κ1) is 14.8. The Bertz CT molecular complexity index is 277. The number of rotatable bonds is 7. The molecule has 0 aliphatic heterocycles. The first-order chi connectivity index (χ1) is 8.59. The molecular weight excluding hydrogens is 236 g/mol. The van der Waals surface area contributed by atoms with E-state index in [1.54, 1.807) is 11.9 Å². The molecule has 0 aromatic rings. The van der Waals surface area contributed by atoms with E-state index in [1.807, 2.05) is 0 Å². The number of nitrogens with one attached hydrogen (secondary N) is 1. The van der Waals surface area contributed by atoms with Gasteiger partial charge in [0.05, 0.1) is 6.61 Å². The highest BCUT2D eigenvalue weighted by Gasteiger charge is 2.18. The molecule has 1 fully saturated rings. The second-order valence-electron chi connectivity index (χ2n) is 4.71. The fourth-order valence-corrected chi connectivity index (χ4v) is 2.19. The normalized spacial score (nSPS) is 15.6. The first-order valence-electron chi connectivity index (χ1n) is 6.38. The summed E-state index contributed by atoms with van der Waals surface area (Å²) in [6.07, 6.45) is 4.95. The van der Waals surface area contributed by atoms with Crippen LogP contribution in [0.3, 0.4) is 0 Å². The Morgan fingerprint density at radius 1 is 1.39 bits per heavy atom. The molecule has 0 bridgehead atoms. The zero-order valence-corrected chi connectivity index (χ0v) is 10.9. The molecule has 0 saturated heterocycles. The molecule has 1 aliphatic carbocycles. The van der Waals surface area contributed by atoms with Crippen LogP contribution < -0.4 is 5.32 Å². The Hall–Kier alpha value is -1.30. The number of carbonyl (C=O) groups is 2. The van der Waals surface area contributed by atoms with Crippen molar-refractivity contribution in [3.63, 3.8) is 0 Å². The molecule has 2 N–H and O–H groups in total. The van der Waals surface area contributed by atoms with E-state index in [-0.39, 0.29) is 19.2 Å². The number of hydrogen-bond donors (Lipinski definition) is 2. The maximum Gasteiger partial charge on any atom is 0.329 e. The average Bonchev–Trinajstić information content (AvgIpc) is 2.80. The fraction of sp³-hybridized carbons (Fsp3) is 0.833. The average molecular weight is 258 g/mol. The Morgan fingerprint density at radius 3 is 2.67 bits per heavy atom. The van der Waals surface area contributed by atoms with Crippen LogP contribution in [0.2, 0.25) is 0 Å². The van der Waals surface area contributed by atoms with Crippen LogP contribution in [-0.2, 0) is 9.53 Å². The highest BCUT2D eigenvalue weighted by Crippen LogP contribution is 2.24. The maximum atomic E-state index is 11.7. The minimum absolute atomic E-state index is 0.124. The second kappa shape index (κ2) is 7.92. The van der Waals surface area contributed by atoms with Gasteiger partial charge in [0.15, 0.2) is 0 Å². The fourth-order valence-electron chi connectivity index (χ4n) is 2.19. The molecule has 0 atom stereocenters. The summed E-state index contributed by atoms with van der Waals surface area (Å²) >= 11 is 0. The van der Waals surface area contributed by atoms with Gasteiger partial charge in [0.25, 0.3) is 0 Å². The van der Waals surface area contributed by atoms with Crippen molar-refractivity contribution >= 4 is 12.0 Å². The number of ether oxygens (including phenoxy) is 1. The number of amides is 2. The first-order valence-corrected chi connectivity index (χ1v) is 6.38. The molecule has 0 spiro atoms. The van der Waals surface area contributed by atoms with Gasteiger partial charge in [0.2, 0.25) is 0 Å². The molecule has 0 unspecified atom stereocenters. The van der Waals surface area contributed by atoms with Crippen molar-refractivity contribution in [2.75, 3.05) is 33.4 Å². The van der Waals surface area contributed by atoms with Crippen molar-refractivity contribution in [3.05, 3.63) is 0 Å². The van der Waals surface area contributed by atoms with Gasteiger partial charge in [-0.3, -0.25) is 0 Å². The van der Waals surface area contributed by atoms with E-state index in [9.17, 15) is 9.59 Å². The lowest BCUT2D eigenvalue weighted by Gasteiger charge is -2.21. The third-order valence-electron chi connectivity index (χ3n) is 3.10. The number of nitrogens with zero attached hydrogens (tertiary/aromatic N) is 1. The number of aliphatic carboxylic acids is 1. The SMILES string of the molecule is CN(CC1CCCC1)C(=O)NCCOCC(=O)O. The zero-order valence-electron chi connectivity index (χ0n) is 10.9. The minimum Gasteiger partial charge on any atom is -0.480 e. The summed E-state index contributed by atoms with van der Waals surface area (Å²) in [7, 11) is 1.78.